The van der Waals surface area contributed by atoms with E-state index in [4.69, 9.17) is 5.11 Å². The Morgan fingerprint density at radius 1 is 1.25 bits per heavy atom. The lowest BCUT2D eigenvalue weighted by atomic mass is 10.2. The van der Waals surface area contributed by atoms with Crippen molar-refractivity contribution in [3.63, 3.8) is 0 Å². The quantitative estimate of drug-likeness (QED) is 0.626. The summed E-state index contributed by atoms with van der Waals surface area (Å²) in [5.41, 5.74) is 0.878. The highest BCUT2D eigenvalue weighted by Crippen LogP contribution is 2.03. The van der Waals surface area contributed by atoms with Crippen LogP contribution in [0.4, 0.5) is 0 Å². The third-order valence-corrected chi connectivity index (χ3v) is 4.29. The number of benzene rings is 1. The first-order valence-corrected chi connectivity index (χ1v) is 8.71. The molecular formula is C13H16O2Si. The molecule has 2 nitrogen and oxygen atoms in total. The van der Waals surface area contributed by atoms with E-state index in [0.717, 1.165) is 5.56 Å². The number of rotatable bonds is 2. The number of carboxylic acid groups (broad SMARTS) is 1. The van der Waals surface area contributed by atoms with Gasteiger partial charge in [-0.15, -0.1) is 0 Å². The molecule has 1 aromatic carbocycles. The number of carboxylic acids is 1. The third kappa shape index (κ3) is 3.91. The smallest absolute Gasteiger partial charge is 0.315 e. The molecule has 0 bridgehead atoms. The molecule has 1 N–H and O–H groups in total. The molecule has 0 amide bonds. The van der Waals surface area contributed by atoms with Crippen molar-refractivity contribution >= 4 is 19.2 Å². The molecule has 84 valence electrons. The molecule has 0 aliphatic carbocycles. The first-order valence-electron chi connectivity index (χ1n) is 5.21. The van der Waals surface area contributed by atoms with Crippen LogP contribution < -0.4 is 5.19 Å². The Kier molecular flexibility index (Phi) is 3.91. The van der Waals surface area contributed by atoms with Gasteiger partial charge in [0.15, 0.2) is 0 Å². The minimum atomic E-state index is -1.25. The molecule has 0 fully saturated rings. The number of carbonyl (C=O) groups is 1. The Hall–Kier alpha value is -1.53. The van der Waals surface area contributed by atoms with Crippen LogP contribution in [0, 0.1) is 11.8 Å². The van der Waals surface area contributed by atoms with Crippen molar-refractivity contribution in [2.75, 3.05) is 0 Å². The fraction of sp³-hybridized carbons (Fsp3) is 0.308. The summed E-state index contributed by atoms with van der Waals surface area (Å²) >= 11 is 0. The van der Waals surface area contributed by atoms with Crippen LogP contribution in [0.2, 0.25) is 19.6 Å². The zero-order chi connectivity index (χ0) is 12.2. The van der Waals surface area contributed by atoms with Crippen LogP contribution in [0.15, 0.2) is 24.3 Å². The fourth-order valence-corrected chi connectivity index (χ4v) is 2.44. The average molecular weight is 232 g/mol. The molecule has 0 saturated heterocycles. The molecule has 0 aliphatic rings. The number of hydrogen-bond donors (Lipinski definition) is 1. The van der Waals surface area contributed by atoms with Gasteiger partial charge in [0, 0.05) is 5.56 Å². The maximum atomic E-state index is 10.3. The van der Waals surface area contributed by atoms with Gasteiger partial charge in [0.1, 0.15) is 6.42 Å². The van der Waals surface area contributed by atoms with Gasteiger partial charge in [-0.3, -0.25) is 4.79 Å². The van der Waals surface area contributed by atoms with Crippen LogP contribution in [0.25, 0.3) is 0 Å². The number of hydrogen-bond acceptors (Lipinski definition) is 1. The van der Waals surface area contributed by atoms with E-state index < -0.39 is 14.0 Å². The predicted octanol–water partition coefficient (Wildman–Crippen LogP) is 2.06. The molecule has 0 heterocycles. The molecule has 0 unspecified atom stereocenters. The van der Waals surface area contributed by atoms with Gasteiger partial charge in [0.2, 0.25) is 0 Å². The van der Waals surface area contributed by atoms with E-state index in [2.05, 4.69) is 43.6 Å². The summed E-state index contributed by atoms with van der Waals surface area (Å²) in [5.74, 6) is 4.58. The highest BCUT2D eigenvalue weighted by Gasteiger charge is 2.15. The largest absolute Gasteiger partial charge is 0.481 e. The fourth-order valence-electron chi connectivity index (χ4n) is 1.28. The normalized spacial score (nSPS) is 10.4. The van der Waals surface area contributed by atoms with E-state index in [9.17, 15) is 4.79 Å². The summed E-state index contributed by atoms with van der Waals surface area (Å²) in [6.07, 6.45) is -0.101. The summed E-state index contributed by atoms with van der Waals surface area (Å²) < 4.78 is 0. The van der Waals surface area contributed by atoms with Gasteiger partial charge in [0.25, 0.3) is 0 Å². The van der Waals surface area contributed by atoms with E-state index in [1.54, 1.807) is 0 Å². The van der Waals surface area contributed by atoms with Crippen molar-refractivity contribution in [1.82, 2.24) is 0 Å². The predicted molar refractivity (Wildman–Crippen MR) is 68.6 cm³/mol. The first-order chi connectivity index (χ1) is 7.39. The van der Waals surface area contributed by atoms with Gasteiger partial charge in [-0.2, -0.15) is 0 Å². The second-order valence-corrected chi connectivity index (χ2v) is 9.78. The highest BCUT2D eigenvalue weighted by molar-refractivity contribution is 6.88. The van der Waals surface area contributed by atoms with Crippen molar-refractivity contribution in [3.05, 3.63) is 29.8 Å². The number of aliphatic carboxylic acids is 1. The molecule has 1 rings (SSSR count). The maximum absolute atomic E-state index is 10.3. The molecule has 0 spiro atoms. The van der Waals surface area contributed by atoms with Gasteiger partial charge in [-0.05, 0) is 12.1 Å². The Labute approximate surface area is 97.3 Å². The standard InChI is InChI=1S/C13H16O2Si/c1-16(2,3)12-9-7-11(8-10-12)5-4-6-13(14)15/h7-10H,6H2,1-3H3,(H,14,15). The van der Waals surface area contributed by atoms with E-state index in [0.29, 0.717) is 0 Å². The molecule has 0 aliphatic heterocycles. The summed E-state index contributed by atoms with van der Waals surface area (Å²) in [6, 6.07) is 8.11. The third-order valence-electron chi connectivity index (χ3n) is 2.22. The van der Waals surface area contributed by atoms with Gasteiger partial charge in [-0.1, -0.05) is 48.8 Å². The summed E-state index contributed by atoms with van der Waals surface area (Å²) in [7, 11) is -1.25. The van der Waals surface area contributed by atoms with Gasteiger partial charge < -0.3 is 5.11 Å². The topological polar surface area (TPSA) is 37.3 Å². The van der Waals surface area contributed by atoms with Crippen LogP contribution in [-0.2, 0) is 4.79 Å². The average Bonchev–Trinajstić information content (AvgIpc) is 2.16. The van der Waals surface area contributed by atoms with Crippen molar-refractivity contribution in [3.8, 4) is 11.8 Å². The van der Waals surface area contributed by atoms with Crippen molar-refractivity contribution in [1.29, 1.82) is 0 Å². The van der Waals surface area contributed by atoms with Crippen molar-refractivity contribution in [2.45, 2.75) is 26.1 Å². The van der Waals surface area contributed by atoms with Crippen LogP contribution in [0.5, 0.6) is 0 Å². The molecule has 0 radical (unpaired) electrons. The monoisotopic (exact) mass is 232 g/mol. The molecule has 0 saturated carbocycles. The molecule has 0 aromatic heterocycles. The summed E-state index contributed by atoms with van der Waals surface area (Å²) in [4.78, 5) is 10.3. The molecule has 16 heavy (non-hydrogen) atoms. The van der Waals surface area contributed by atoms with Crippen LogP contribution in [-0.4, -0.2) is 19.1 Å². The van der Waals surface area contributed by atoms with Crippen LogP contribution >= 0.6 is 0 Å². The molecule has 1 aromatic rings. The zero-order valence-electron chi connectivity index (χ0n) is 9.87. The van der Waals surface area contributed by atoms with E-state index in [1.807, 2.05) is 12.1 Å². The van der Waals surface area contributed by atoms with Crippen LogP contribution in [0.3, 0.4) is 0 Å². The Morgan fingerprint density at radius 3 is 2.25 bits per heavy atom. The first kappa shape index (κ1) is 12.5. The van der Waals surface area contributed by atoms with Crippen molar-refractivity contribution in [2.24, 2.45) is 0 Å². The lowest BCUT2D eigenvalue weighted by molar-refractivity contribution is -0.135. The molecule has 3 heteroatoms. The highest BCUT2D eigenvalue weighted by atomic mass is 28.3. The second kappa shape index (κ2) is 5.00. The van der Waals surface area contributed by atoms with E-state index >= 15 is 0 Å². The second-order valence-electron chi connectivity index (χ2n) is 4.70. The van der Waals surface area contributed by atoms with Crippen molar-refractivity contribution < 1.29 is 9.90 Å². The molecular weight excluding hydrogens is 216 g/mol. The Morgan fingerprint density at radius 2 is 1.81 bits per heavy atom. The lowest BCUT2D eigenvalue weighted by Crippen LogP contribution is -2.37. The minimum Gasteiger partial charge on any atom is -0.481 e. The van der Waals surface area contributed by atoms with Gasteiger partial charge >= 0.3 is 5.97 Å². The van der Waals surface area contributed by atoms with E-state index in [1.165, 1.54) is 5.19 Å². The maximum Gasteiger partial charge on any atom is 0.315 e. The summed E-state index contributed by atoms with van der Waals surface area (Å²) in [5, 5.41) is 9.83. The zero-order valence-corrected chi connectivity index (χ0v) is 10.9. The summed E-state index contributed by atoms with van der Waals surface area (Å²) in [6.45, 7) is 6.87. The minimum absolute atomic E-state index is 0.101. The van der Waals surface area contributed by atoms with Gasteiger partial charge in [0.05, 0.1) is 8.07 Å². The Balaban J connectivity index is 2.78. The lowest BCUT2D eigenvalue weighted by Gasteiger charge is -2.15. The van der Waals surface area contributed by atoms with E-state index in [-0.39, 0.29) is 6.42 Å². The molecule has 0 atom stereocenters. The van der Waals surface area contributed by atoms with Gasteiger partial charge in [-0.25, -0.2) is 0 Å². The SMILES string of the molecule is C[Si](C)(C)c1ccc(C#CCC(=O)O)cc1. The van der Waals surface area contributed by atoms with Crippen LogP contribution in [0.1, 0.15) is 12.0 Å². The Bertz CT molecular complexity index is 430.